The van der Waals surface area contributed by atoms with Crippen molar-refractivity contribution in [3.05, 3.63) is 167 Å². The van der Waals surface area contributed by atoms with Gasteiger partial charge in [-0.15, -0.1) is 0 Å². The van der Waals surface area contributed by atoms with E-state index in [1.165, 1.54) is 115 Å². The van der Waals surface area contributed by atoms with Gasteiger partial charge in [0.05, 0.1) is 0 Å². The Morgan fingerprint density at radius 3 is 1.26 bits per heavy atom. The van der Waals surface area contributed by atoms with Gasteiger partial charge in [0, 0.05) is 0 Å². The van der Waals surface area contributed by atoms with Crippen LogP contribution in [0.25, 0.3) is 106 Å². The number of benzene rings is 8. The molecule has 0 fully saturated rings. The molecule has 11 rings (SSSR count). The van der Waals surface area contributed by atoms with Crippen molar-refractivity contribution >= 4 is 99.6 Å². The number of thiophene rings is 2. The summed E-state index contributed by atoms with van der Waals surface area (Å²) >= 11 is 3.96. The second kappa shape index (κ2) is 12.1. The molecule has 0 aliphatic carbocycles. The van der Waals surface area contributed by atoms with Gasteiger partial charge < -0.3 is 0 Å². The average Bonchev–Trinajstić information content (AvgIpc) is 3.93. The second-order valence-corrected chi connectivity index (χ2v) is 18.8. The molecule has 0 amide bonds. The fourth-order valence-corrected chi connectivity index (χ4v) is 13.1. The molecule has 250 valence electrons. The van der Waals surface area contributed by atoms with E-state index in [2.05, 4.69) is 172 Å². The molecule has 0 spiro atoms. The third-order valence-corrected chi connectivity index (χ3v) is 15.3. The molecule has 0 N–H and O–H groups in total. The van der Waals surface area contributed by atoms with E-state index in [0.717, 1.165) is 0 Å². The average molecular weight is 776 g/mol. The molecule has 0 aliphatic rings. The maximum atomic E-state index is 2.51. The Morgan fingerprint density at radius 1 is 0.358 bits per heavy atom. The predicted molar refractivity (Wildman–Crippen MR) is 235 cm³/mol. The summed E-state index contributed by atoms with van der Waals surface area (Å²) in [5, 5.41) is 13.3. The van der Waals surface area contributed by atoms with Gasteiger partial charge >= 0.3 is 324 Å². The number of fused-ring (bicyclic) bond motifs is 7. The number of hydrogen-bond donors (Lipinski definition) is 0. The van der Waals surface area contributed by atoms with Crippen LogP contribution in [0, 0.1) is 13.8 Å². The third-order valence-electron chi connectivity index (χ3n) is 10.9. The van der Waals surface area contributed by atoms with Crippen molar-refractivity contribution in [1.29, 1.82) is 0 Å². The Hall–Kier alpha value is -5.28. The van der Waals surface area contributed by atoms with Gasteiger partial charge in [0.25, 0.3) is 0 Å². The van der Waals surface area contributed by atoms with E-state index in [9.17, 15) is 0 Å². The molecule has 0 atom stereocenters. The van der Waals surface area contributed by atoms with E-state index in [1.54, 1.807) is 0 Å². The third kappa shape index (κ3) is 4.79. The van der Waals surface area contributed by atoms with Crippen LogP contribution >= 0.6 is 22.7 Å². The summed E-state index contributed by atoms with van der Waals surface area (Å²) in [6.45, 7) is 4.41. The van der Waals surface area contributed by atoms with Crippen LogP contribution in [-0.4, -0.2) is 14.5 Å². The summed E-state index contributed by atoms with van der Waals surface area (Å²) in [7, 11) is 0. The van der Waals surface area contributed by atoms with Crippen molar-refractivity contribution in [2.24, 2.45) is 0 Å². The fourth-order valence-electron chi connectivity index (χ4n) is 8.72. The van der Waals surface area contributed by atoms with Crippen LogP contribution in [0.5, 0.6) is 0 Å². The molecular formula is C50H32S2Se. The molecule has 0 bridgehead atoms. The van der Waals surface area contributed by atoms with Crippen LogP contribution in [0.15, 0.2) is 158 Å². The Bertz CT molecular complexity index is 3150. The van der Waals surface area contributed by atoms with Crippen molar-refractivity contribution in [2.45, 2.75) is 13.8 Å². The van der Waals surface area contributed by atoms with Gasteiger partial charge in [-0.2, -0.15) is 0 Å². The quantitative estimate of drug-likeness (QED) is 0.123. The van der Waals surface area contributed by atoms with Gasteiger partial charge in [-0.05, 0) is 0 Å². The van der Waals surface area contributed by atoms with Crippen molar-refractivity contribution < 1.29 is 0 Å². The molecule has 0 saturated heterocycles. The van der Waals surface area contributed by atoms with Crippen LogP contribution in [-0.2, 0) is 0 Å². The van der Waals surface area contributed by atoms with Gasteiger partial charge in [-0.3, -0.25) is 0 Å². The zero-order valence-corrected chi connectivity index (χ0v) is 32.6. The van der Waals surface area contributed by atoms with Crippen LogP contribution in [0.2, 0.25) is 0 Å². The number of hydrogen-bond acceptors (Lipinski definition) is 2. The first kappa shape index (κ1) is 31.3. The minimum absolute atomic E-state index is 0.191. The predicted octanol–water partition coefficient (Wildman–Crippen LogP) is 15.1. The summed E-state index contributed by atoms with van der Waals surface area (Å²) in [5.41, 5.74) is 8.00. The molecule has 0 aliphatic heterocycles. The summed E-state index contributed by atoms with van der Waals surface area (Å²) in [5.74, 6) is 0. The monoisotopic (exact) mass is 776 g/mol. The Morgan fingerprint density at radius 2 is 0.811 bits per heavy atom. The molecule has 3 aromatic heterocycles. The molecule has 53 heavy (non-hydrogen) atoms. The van der Waals surface area contributed by atoms with Crippen molar-refractivity contribution in [1.82, 2.24) is 0 Å². The van der Waals surface area contributed by atoms with Crippen LogP contribution in [0.4, 0.5) is 0 Å². The molecule has 11 aromatic rings. The van der Waals surface area contributed by atoms with E-state index in [-0.39, 0.29) is 14.5 Å². The van der Waals surface area contributed by atoms with Crippen molar-refractivity contribution in [2.75, 3.05) is 0 Å². The fraction of sp³-hybridized carbons (Fsp3) is 0.0400. The second-order valence-electron chi connectivity index (χ2n) is 14.0. The van der Waals surface area contributed by atoms with Gasteiger partial charge in [-0.25, -0.2) is 0 Å². The van der Waals surface area contributed by atoms with Crippen molar-refractivity contribution in [3.8, 4) is 43.1 Å². The van der Waals surface area contributed by atoms with E-state index in [4.69, 9.17) is 0 Å². The van der Waals surface area contributed by atoms with Gasteiger partial charge in [0.1, 0.15) is 0 Å². The summed E-state index contributed by atoms with van der Waals surface area (Å²) in [6, 6.07) is 59.6. The molecule has 0 nitrogen and oxygen atoms in total. The van der Waals surface area contributed by atoms with E-state index < -0.39 is 0 Å². The molecule has 3 heteroatoms. The molecule has 0 unspecified atom stereocenters. The van der Waals surface area contributed by atoms with Gasteiger partial charge in [-0.1, -0.05) is 0 Å². The van der Waals surface area contributed by atoms with Crippen LogP contribution < -0.4 is 0 Å². The molecule has 0 radical (unpaired) electrons. The Labute approximate surface area is 322 Å². The first-order chi connectivity index (χ1) is 26.1. The van der Waals surface area contributed by atoms with E-state index in [1.807, 2.05) is 22.7 Å². The minimum atomic E-state index is 0.191. The first-order valence-electron chi connectivity index (χ1n) is 18.1. The SMILES string of the molecule is Cc1ccc(-c2c3ccccc3c(-c3ccc4c(c3)[se]c3cccc(-c5c6ccccc6c(-c6ccc(C)s6)c6ccccc56)c34)c3ccccc23)s1. The summed E-state index contributed by atoms with van der Waals surface area (Å²) in [6.07, 6.45) is 0. The Balaban J connectivity index is 1.18. The molecular weight excluding hydrogens is 744 g/mol. The zero-order valence-electron chi connectivity index (χ0n) is 29.2. The molecule has 3 heterocycles. The van der Waals surface area contributed by atoms with Crippen molar-refractivity contribution in [3.63, 3.8) is 0 Å². The van der Waals surface area contributed by atoms with E-state index >= 15 is 0 Å². The van der Waals surface area contributed by atoms with Crippen LogP contribution in [0.3, 0.4) is 0 Å². The first-order valence-corrected chi connectivity index (χ1v) is 21.4. The maximum absolute atomic E-state index is 2.51. The Kier molecular flexibility index (Phi) is 7.16. The summed E-state index contributed by atoms with van der Waals surface area (Å²) < 4.78 is 2.93. The van der Waals surface area contributed by atoms with Gasteiger partial charge in [0.2, 0.25) is 0 Å². The molecule has 0 saturated carbocycles. The summed E-state index contributed by atoms with van der Waals surface area (Å²) in [4.78, 5) is 5.34. The topological polar surface area (TPSA) is 0 Å². The van der Waals surface area contributed by atoms with Gasteiger partial charge in [0.15, 0.2) is 0 Å². The van der Waals surface area contributed by atoms with Crippen LogP contribution in [0.1, 0.15) is 9.75 Å². The van der Waals surface area contributed by atoms with E-state index in [0.29, 0.717) is 0 Å². The number of aryl methyl sites for hydroxylation is 2. The zero-order chi connectivity index (χ0) is 35.2. The normalized spacial score (nSPS) is 12.0. The standard InChI is InChI=1S/C50H32S2Se/c1-29-22-26-42(51-29)48-36-16-7-3-12-32(36)46(33-13-4-8-17-37(33)48)31-24-25-40-45(28-31)53-44-21-11-20-41(50(40)44)47-34-14-5-9-18-38(34)49(43-27-23-30(2)52-43)39-19-10-6-15-35(39)47/h3-28H,1-2H3. The number of rotatable bonds is 4. The molecule has 8 aromatic carbocycles.